The molecule has 2 heterocycles. The van der Waals surface area contributed by atoms with Gasteiger partial charge in [-0.05, 0) is 0 Å². The molecule has 0 spiro atoms. The summed E-state index contributed by atoms with van der Waals surface area (Å²) in [4.78, 5) is 13.8. The lowest BCUT2D eigenvalue weighted by Crippen LogP contribution is -2.38. The van der Waals surface area contributed by atoms with Gasteiger partial charge in [-0.1, -0.05) is 11.6 Å². The zero-order valence-corrected chi connectivity index (χ0v) is 8.31. The Morgan fingerprint density at radius 2 is 2.33 bits per heavy atom. The molecule has 15 heavy (non-hydrogen) atoms. The van der Waals surface area contributed by atoms with Crippen LogP contribution in [0.3, 0.4) is 0 Å². The van der Waals surface area contributed by atoms with Crippen molar-refractivity contribution in [3.8, 4) is 5.88 Å². The highest BCUT2D eigenvalue weighted by molar-refractivity contribution is 6.29. The maximum atomic E-state index is 10.5. The highest BCUT2D eigenvalue weighted by Gasteiger charge is 2.22. The first kappa shape index (κ1) is 10.1. The monoisotopic (exact) mass is 230 g/mol. The second kappa shape index (κ2) is 4.00. The van der Waals surface area contributed by atoms with Gasteiger partial charge in [0.05, 0.1) is 30.3 Å². The van der Waals surface area contributed by atoms with Crippen LogP contribution in [0.1, 0.15) is 0 Å². The van der Waals surface area contributed by atoms with E-state index >= 15 is 0 Å². The molecule has 7 heteroatoms. The Kier molecular flexibility index (Phi) is 2.70. The minimum absolute atomic E-state index is 0.0411. The van der Waals surface area contributed by atoms with Crippen LogP contribution in [0.25, 0.3) is 0 Å². The van der Waals surface area contributed by atoms with E-state index < -0.39 is 4.92 Å². The molecule has 1 saturated heterocycles. The van der Waals surface area contributed by atoms with Gasteiger partial charge in [0.1, 0.15) is 11.3 Å². The molecule has 1 aliphatic rings. The number of ether oxygens (including phenoxy) is 2. The van der Waals surface area contributed by atoms with E-state index in [9.17, 15) is 10.1 Å². The van der Waals surface area contributed by atoms with Crippen molar-refractivity contribution in [3.63, 3.8) is 0 Å². The van der Waals surface area contributed by atoms with Gasteiger partial charge in [-0.25, -0.2) is 4.98 Å². The lowest BCUT2D eigenvalue weighted by atomic mass is 10.3. The molecule has 0 saturated carbocycles. The molecule has 0 aromatic carbocycles. The number of hydrogen-bond acceptors (Lipinski definition) is 5. The van der Waals surface area contributed by atoms with E-state index in [2.05, 4.69) is 4.98 Å². The van der Waals surface area contributed by atoms with Crippen molar-refractivity contribution in [2.75, 3.05) is 13.2 Å². The molecule has 0 atom stereocenters. The summed E-state index contributed by atoms with van der Waals surface area (Å²) < 4.78 is 10.2. The fourth-order valence-corrected chi connectivity index (χ4v) is 1.27. The molecule has 6 nitrogen and oxygen atoms in total. The lowest BCUT2D eigenvalue weighted by Gasteiger charge is -2.25. The zero-order chi connectivity index (χ0) is 10.8. The Labute approximate surface area is 89.9 Å². The molecule has 1 aromatic rings. The Bertz CT molecular complexity index is 394. The normalized spacial score (nSPS) is 15.8. The molecule has 0 amide bonds. The topological polar surface area (TPSA) is 74.5 Å². The second-order valence-electron chi connectivity index (χ2n) is 3.02. The van der Waals surface area contributed by atoms with Crippen molar-refractivity contribution in [1.29, 1.82) is 0 Å². The number of rotatable bonds is 3. The van der Waals surface area contributed by atoms with Crippen molar-refractivity contribution in [2.24, 2.45) is 0 Å². The minimum atomic E-state index is -0.544. The van der Waals surface area contributed by atoms with Crippen LogP contribution in [0, 0.1) is 10.1 Å². The molecule has 0 unspecified atom stereocenters. The maximum Gasteiger partial charge on any atom is 0.277 e. The van der Waals surface area contributed by atoms with Gasteiger partial charge in [-0.2, -0.15) is 0 Å². The molecular weight excluding hydrogens is 224 g/mol. The molecule has 80 valence electrons. The average Bonchev–Trinajstić information content (AvgIpc) is 2.10. The van der Waals surface area contributed by atoms with E-state index in [1.54, 1.807) is 0 Å². The number of aromatic nitrogens is 1. The van der Waals surface area contributed by atoms with Crippen molar-refractivity contribution in [3.05, 3.63) is 27.4 Å². The summed E-state index contributed by atoms with van der Waals surface area (Å²) in [6.07, 6.45) is -0.0874. The SMILES string of the molecule is O=[N+]([O-])c1cc(Cl)nc(OC2COC2)c1. The smallest absolute Gasteiger partial charge is 0.277 e. The lowest BCUT2D eigenvalue weighted by molar-refractivity contribution is -0.385. The van der Waals surface area contributed by atoms with Gasteiger partial charge < -0.3 is 9.47 Å². The van der Waals surface area contributed by atoms with Crippen LogP contribution in [0.5, 0.6) is 5.88 Å². The first-order chi connectivity index (χ1) is 7.15. The summed E-state index contributed by atoms with van der Waals surface area (Å²) in [5, 5.41) is 10.6. The van der Waals surface area contributed by atoms with E-state index in [0.29, 0.717) is 13.2 Å². The van der Waals surface area contributed by atoms with Crippen molar-refractivity contribution in [1.82, 2.24) is 4.98 Å². The number of halogens is 1. The van der Waals surface area contributed by atoms with Crippen LogP contribution < -0.4 is 4.74 Å². The van der Waals surface area contributed by atoms with E-state index in [-0.39, 0.29) is 22.8 Å². The van der Waals surface area contributed by atoms with Crippen LogP contribution in [0.4, 0.5) is 5.69 Å². The van der Waals surface area contributed by atoms with Crippen LogP contribution in [-0.2, 0) is 4.74 Å². The summed E-state index contributed by atoms with van der Waals surface area (Å²) in [6.45, 7) is 0.948. The van der Waals surface area contributed by atoms with Gasteiger partial charge in [0.25, 0.3) is 5.69 Å². The minimum Gasteiger partial charge on any atom is -0.469 e. The molecule has 0 bridgehead atoms. The summed E-state index contributed by atoms with van der Waals surface area (Å²) in [5.74, 6) is 0.155. The number of hydrogen-bond donors (Lipinski definition) is 0. The van der Waals surface area contributed by atoms with Gasteiger partial charge >= 0.3 is 0 Å². The van der Waals surface area contributed by atoms with Gasteiger partial charge in [0.2, 0.25) is 5.88 Å². The van der Waals surface area contributed by atoms with Gasteiger partial charge in [-0.3, -0.25) is 10.1 Å². The van der Waals surface area contributed by atoms with Crippen molar-refractivity contribution < 1.29 is 14.4 Å². The largest absolute Gasteiger partial charge is 0.469 e. The maximum absolute atomic E-state index is 10.5. The molecule has 1 aliphatic heterocycles. The molecule has 1 fully saturated rings. The van der Waals surface area contributed by atoms with Crippen LogP contribution >= 0.6 is 11.6 Å². The summed E-state index contributed by atoms with van der Waals surface area (Å²) in [7, 11) is 0. The van der Waals surface area contributed by atoms with Gasteiger partial charge in [0.15, 0.2) is 0 Å². The highest BCUT2D eigenvalue weighted by Crippen LogP contribution is 2.23. The van der Waals surface area contributed by atoms with E-state index in [4.69, 9.17) is 21.1 Å². The summed E-state index contributed by atoms with van der Waals surface area (Å²) >= 11 is 5.61. The Morgan fingerprint density at radius 1 is 1.60 bits per heavy atom. The molecule has 2 rings (SSSR count). The van der Waals surface area contributed by atoms with Crippen molar-refractivity contribution >= 4 is 17.3 Å². The molecular formula is C8H7ClN2O4. The third-order valence-electron chi connectivity index (χ3n) is 1.86. The van der Waals surface area contributed by atoms with E-state index in [1.165, 1.54) is 12.1 Å². The van der Waals surface area contributed by atoms with Crippen LogP contribution in [-0.4, -0.2) is 29.2 Å². The number of nitrogens with zero attached hydrogens (tertiary/aromatic N) is 2. The quantitative estimate of drug-likeness (QED) is 0.446. The third-order valence-corrected chi connectivity index (χ3v) is 2.05. The van der Waals surface area contributed by atoms with E-state index in [0.717, 1.165) is 0 Å². The Hall–Kier alpha value is -1.40. The molecule has 1 aromatic heterocycles. The van der Waals surface area contributed by atoms with Gasteiger partial charge in [-0.15, -0.1) is 0 Å². The number of pyridine rings is 1. The third kappa shape index (κ3) is 2.34. The average molecular weight is 231 g/mol. The fraction of sp³-hybridized carbons (Fsp3) is 0.375. The summed E-state index contributed by atoms with van der Waals surface area (Å²) in [6, 6.07) is 2.41. The van der Waals surface area contributed by atoms with Crippen molar-refractivity contribution in [2.45, 2.75) is 6.10 Å². The Morgan fingerprint density at radius 3 is 2.87 bits per heavy atom. The standard InChI is InChI=1S/C8H7ClN2O4/c9-7-1-5(11(12)13)2-8(10-7)15-6-3-14-4-6/h1-2,6H,3-4H2. The fourth-order valence-electron chi connectivity index (χ4n) is 1.08. The number of nitro groups is 1. The highest BCUT2D eigenvalue weighted by atomic mass is 35.5. The molecule has 0 N–H and O–H groups in total. The molecule has 0 radical (unpaired) electrons. The predicted molar refractivity (Wildman–Crippen MR) is 51.1 cm³/mol. The van der Waals surface area contributed by atoms with Crippen LogP contribution in [0.2, 0.25) is 5.15 Å². The predicted octanol–water partition coefficient (Wildman–Crippen LogP) is 1.42. The van der Waals surface area contributed by atoms with E-state index in [1.807, 2.05) is 0 Å². The first-order valence-electron chi connectivity index (χ1n) is 4.21. The zero-order valence-electron chi connectivity index (χ0n) is 7.55. The Balaban J connectivity index is 2.18. The van der Waals surface area contributed by atoms with Gasteiger partial charge in [0, 0.05) is 0 Å². The summed E-state index contributed by atoms with van der Waals surface area (Å²) in [5.41, 5.74) is -0.134. The first-order valence-corrected chi connectivity index (χ1v) is 4.59. The second-order valence-corrected chi connectivity index (χ2v) is 3.41. The molecule has 0 aliphatic carbocycles. The van der Waals surface area contributed by atoms with Crippen LogP contribution in [0.15, 0.2) is 12.1 Å².